The Bertz CT molecular complexity index is 267. The molecule has 0 saturated heterocycles. The topological polar surface area (TPSA) is 0 Å². The van der Waals surface area contributed by atoms with E-state index in [9.17, 15) is 0 Å². The van der Waals surface area contributed by atoms with E-state index in [1.54, 1.807) is 0 Å². The molecule has 0 aliphatic rings. The summed E-state index contributed by atoms with van der Waals surface area (Å²) < 4.78 is 0.311. The van der Waals surface area contributed by atoms with Gasteiger partial charge in [0.05, 0.1) is 0 Å². The van der Waals surface area contributed by atoms with Crippen molar-refractivity contribution in [2.24, 2.45) is 0 Å². The van der Waals surface area contributed by atoms with E-state index in [4.69, 9.17) is 0 Å². The highest BCUT2D eigenvalue weighted by Crippen LogP contribution is 2.24. The highest BCUT2D eigenvalue weighted by molar-refractivity contribution is 8.03. The van der Waals surface area contributed by atoms with Gasteiger partial charge in [0.2, 0.25) is 0 Å². The van der Waals surface area contributed by atoms with E-state index in [0.29, 0.717) is 4.75 Å². The summed E-state index contributed by atoms with van der Waals surface area (Å²) in [5.41, 5.74) is 1.26. The molecule has 1 heteroatoms. The van der Waals surface area contributed by atoms with Crippen LogP contribution in [-0.4, -0.2) is 4.75 Å². The van der Waals surface area contributed by atoms with Crippen molar-refractivity contribution in [3.05, 3.63) is 41.3 Å². The van der Waals surface area contributed by atoms with E-state index in [-0.39, 0.29) is 0 Å². The first-order valence-corrected chi connectivity index (χ1v) is 5.35. The molecule has 1 aromatic rings. The zero-order valence-corrected chi connectivity index (χ0v) is 9.27. The summed E-state index contributed by atoms with van der Waals surface area (Å²) in [5.74, 6) is 0. The lowest BCUT2D eigenvalue weighted by atomic mass is 10.2. The van der Waals surface area contributed by atoms with Crippen LogP contribution in [0.15, 0.2) is 35.7 Å². The lowest BCUT2D eigenvalue weighted by Crippen LogP contribution is -2.04. The molecule has 0 atom stereocenters. The second kappa shape index (κ2) is 4.52. The molecule has 0 aromatic heterocycles. The molecule has 0 aliphatic carbocycles. The van der Waals surface area contributed by atoms with Crippen LogP contribution >= 0.6 is 11.8 Å². The largest absolute Gasteiger partial charge is 0.128 e. The van der Waals surface area contributed by atoms with Crippen LogP contribution in [0.3, 0.4) is 0 Å². The van der Waals surface area contributed by atoms with Gasteiger partial charge in [0.15, 0.2) is 0 Å². The van der Waals surface area contributed by atoms with Gasteiger partial charge in [-0.25, -0.2) is 0 Å². The quantitative estimate of drug-likeness (QED) is 0.677. The molecule has 70 valence electrons. The average molecular weight is 192 g/mol. The van der Waals surface area contributed by atoms with Crippen LogP contribution in [0.25, 0.3) is 6.08 Å². The van der Waals surface area contributed by atoms with Crippen molar-refractivity contribution in [3.63, 3.8) is 0 Å². The van der Waals surface area contributed by atoms with Crippen molar-refractivity contribution >= 4 is 17.8 Å². The van der Waals surface area contributed by atoms with Crippen LogP contribution in [-0.2, 0) is 0 Å². The molecule has 0 nitrogen and oxygen atoms in total. The minimum Gasteiger partial charge on any atom is -0.128 e. The fourth-order valence-electron chi connectivity index (χ4n) is 0.881. The summed E-state index contributed by atoms with van der Waals surface area (Å²) >= 11 is 1.85. The summed E-state index contributed by atoms with van der Waals surface area (Å²) in [6, 6.07) is 10.4. The van der Waals surface area contributed by atoms with Crippen LogP contribution < -0.4 is 0 Å². The lowest BCUT2D eigenvalue weighted by Gasteiger charge is -2.13. The van der Waals surface area contributed by atoms with Crippen LogP contribution in [0.2, 0.25) is 0 Å². The number of hydrogen-bond acceptors (Lipinski definition) is 1. The average Bonchev–Trinajstić information content (AvgIpc) is 2.04. The Morgan fingerprint density at radius 3 is 2.23 bits per heavy atom. The summed E-state index contributed by atoms with van der Waals surface area (Å²) in [6.45, 7) is 6.65. The highest BCUT2D eigenvalue weighted by atomic mass is 32.2. The second-order valence-corrected chi connectivity index (χ2v) is 5.68. The Kier molecular flexibility index (Phi) is 3.61. The van der Waals surface area contributed by atoms with E-state index in [1.165, 1.54) is 5.56 Å². The van der Waals surface area contributed by atoms with Gasteiger partial charge in [-0.1, -0.05) is 51.1 Å². The lowest BCUT2D eigenvalue weighted by molar-refractivity contribution is 0.808. The third-order valence-electron chi connectivity index (χ3n) is 1.48. The number of hydrogen-bond donors (Lipinski definition) is 0. The van der Waals surface area contributed by atoms with Gasteiger partial charge in [-0.3, -0.25) is 0 Å². The zero-order chi connectivity index (χ0) is 9.73. The first-order chi connectivity index (χ1) is 6.08. The Labute approximate surface area is 85.1 Å². The van der Waals surface area contributed by atoms with Gasteiger partial charge in [0.1, 0.15) is 0 Å². The monoisotopic (exact) mass is 192 g/mol. The van der Waals surface area contributed by atoms with Gasteiger partial charge < -0.3 is 0 Å². The molecular weight excluding hydrogens is 176 g/mol. The maximum atomic E-state index is 2.22. The van der Waals surface area contributed by atoms with E-state index in [2.05, 4.69) is 56.5 Å². The fraction of sp³-hybridized carbons (Fsp3) is 0.333. The molecule has 1 aromatic carbocycles. The molecular formula is C12H16S. The van der Waals surface area contributed by atoms with Gasteiger partial charge in [-0.15, -0.1) is 11.8 Å². The van der Waals surface area contributed by atoms with E-state index < -0.39 is 0 Å². The molecule has 0 amide bonds. The van der Waals surface area contributed by atoms with E-state index >= 15 is 0 Å². The summed E-state index contributed by atoms with van der Waals surface area (Å²) in [6.07, 6.45) is 2.15. The third-order valence-corrected chi connectivity index (χ3v) is 2.46. The van der Waals surface area contributed by atoms with E-state index in [0.717, 1.165) is 0 Å². The zero-order valence-electron chi connectivity index (χ0n) is 8.45. The Hall–Kier alpha value is -0.690. The first kappa shape index (κ1) is 10.4. The summed E-state index contributed by atoms with van der Waals surface area (Å²) in [7, 11) is 0. The predicted octanol–water partition coefficient (Wildman–Crippen LogP) is 4.19. The van der Waals surface area contributed by atoms with Crippen LogP contribution in [0.1, 0.15) is 26.3 Å². The number of benzene rings is 1. The smallest absolute Gasteiger partial charge is 0.0116 e. The molecule has 0 unspecified atom stereocenters. The minimum atomic E-state index is 0.311. The molecule has 0 N–H and O–H groups in total. The fourth-order valence-corrected chi connectivity index (χ4v) is 1.51. The Morgan fingerprint density at radius 2 is 1.69 bits per heavy atom. The standard InChI is InChI=1S/C12H16S/c1-12(2,3)13-10-9-11-7-5-4-6-8-11/h4-10H,1-3H3/b10-9+. The van der Waals surface area contributed by atoms with Gasteiger partial charge >= 0.3 is 0 Å². The molecule has 0 aliphatic heterocycles. The van der Waals surface area contributed by atoms with Crippen LogP contribution in [0.4, 0.5) is 0 Å². The van der Waals surface area contributed by atoms with Gasteiger partial charge in [-0.2, -0.15) is 0 Å². The molecule has 0 heterocycles. The number of thioether (sulfide) groups is 1. The minimum absolute atomic E-state index is 0.311. The van der Waals surface area contributed by atoms with Crippen molar-refractivity contribution in [1.29, 1.82) is 0 Å². The molecule has 0 saturated carbocycles. The molecule has 1 rings (SSSR count). The van der Waals surface area contributed by atoms with Gasteiger partial charge in [-0.05, 0) is 17.0 Å². The predicted molar refractivity (Wildman–Crippen MR) is 62.8 cm³/mol. The van der Waals surface area contributed by atoms with Crippen molar-refractivity contribution in [3.8, 4) is 0 Å². The van der Waals surface area contributed by atoms with Crippen molar-refractivity contribution in [2.45, 2.75) is 25.5 Å². The van der Waals surface area contributed by atoms with Gasteiger partial charge in [0, 0.05) is 4.75 Å². The maximum Gasteiger partial charge on any atom is 0.0116 e. The van der Waals surface area contributed by atoms with Crippen LogP contribution in [0.5, 0.6) is 0 Å². The number of rotatable bonds is 2. The molecule has 13 heavy (non-hydrogen) atoms. The van der Waals surface area contributed by atoms with Crippen LogP contribution in [0, 0.1) is 0 Å². The van der Waals surface area contributed by atoms with Crippen molar-refractivity contribution in [2.75, 3.05) is 0 Å². The summed E-state index contributed by atoms with van der Waals surface area (Å²) in [4.78, 5) is 0. The molecule has 0 radical (unpaired) electrons. The highest BCUT2D eigenvalue weighted by Gasteiger charge is 2.06. The maximum absolute atomic E-state index is 2.22. The van der Waals surface area contributed by atoms with Crippen molar-refractivity contribution < 1.29 is 0 Å². The first-order valence-electron chi connectivity index (χ1n) is 4.47. The molecule has 0 spiro atoms. The van der Waals surface area contributed by atoms with Gasteiger partial charge in [0.25, 0.3) is 0 Å². The van der Waals surface area contributed by atoms with Crippen molar-refractivity contribution in [1.82, 2.24) is 0 Å². The molecule has 0 fully saturated rings. The Morgan fingerprint density at radius 1 is 1.08 bits per heavy atom. The normalized spacial score (nSPS) is 12.2. The summed E-state index contributed by atoms with van der Waals surface area (Å²) in [5, 5.41) is 2.16. The Balaban J connectivity index is 2.51. The van der Waals surface area contributed by atoms with E-state index in [1.807, 2.05) is 17.8 Å². The second-order valence-electron chi connectivity index (χ2n) is 3.94. The molecule has 0 bridgehead atoms. The third kappa shape index (κ3) is 4.79. The SMILES string of the molecule is CC(C)(C)S/C=C/c1ccccc1.